The first-order chi connectivity index (χ1) is 20.1. The number of carbonyl (C=O) groups is 3. The van der Waals surface area contributed by atoms with E-state index in [1.54, 1.807) is 6.92 Å². The number of rotatable bonds is 8. The van der Waals surface area contributed by atoms with E-state index in [4.69, 9.17) is 9.47 Å². The molecule has 1 aliphatic carbocycles. The summed E-state index contributed by atoms with van der Waals surface area (Å²) in [5.74, 6) is -2.13. The van der Waals surface area contributed by atoms with Crippen LogP contribution in [0.4, 0.5) is 0 Å². The summed E-state index contributed by atoms with van der Waals surface area (Å²) in [5.41, 5.74) is 4.88. The van der Waals surface area contributed by atoms with Gasteiger partial charge in [0.25, 0.3) is 0 Å². The minimum absolute atomic E-state index is 0.0211. The summed E-state index contributed by atoms with van der Waals surface area (Å²) in [6.45, 7) is 1.97. The number of Topliss-reactive ketones (excluding diaryl/α,β-unsaturated/α-hetero) is 1. The number of benzene rings is 4. The second-order valence-electron chi connectivity index (χ2n) is 10.4. The average Bonchev–Trinajstić information content (AvgIpc) is 3.49. The maximum atomic E-state index is 14.1. The Morgan fingerprint density at radius 3 is 1.95 bits per heavy atom. The average molecular weight is 546 g/mol. The quantitative estimate of drug-likeness (QED) is 0.271. The van der Waals surface area contributed by atoms with Crippen molar-refractivity contribution in [3.63, 3.8) is 0 Å². The molecule has 6 heteroatoms. The van der Waals surface area contributed by atoms with Crippen molar-refractivity contribution in [3.05, 3.63) is 131 Å². The number of hydrogen-bond acceptors (Lipinski definition) is 6. The molecule has 1 fully saturated rings. The van der Waals surface area contributed by atoms with Gasteiger partial charge in [0.2, 0.25) is 0 Å². The lowest BCUT2D eigenvalue weighted by molar-refractivity contribution is -0.155. The number of fused-ring (bicyclic) bond motifs is 3. The maximum Gasteiger partial charge on any atom is 0.324 e. The molecule has 0 unspecified atom stereocenters. The smallest absolute Gasteiger partial charge is 0.324 e. The summed E-state index contributed by atoms with van der Waals surface area (Å²) < 4.78 is 11.1. The fourth-order valence-electron chi connectivity index (χ4n) is 6.51. The number of likely N-dealkylation sites (tertiary alicyclic amines) is 1. The van der Waals surface area contributed by atoms with Gasteiger partial charge in [-0.25, -0.2) is 0 Å². The lowest BCUT2D eigenvalue weighted by atomic mass is 9.78. The molecular formula is C35H31NO5. The molecule has 6 nitrogen and oxygen atoms in total. The third-order valence-corrected chi connectivity index (χ3v) is 8.16. The summed E-state index contributed by atoms with van der Waals surface area (Å²) >= 11 is 0. The van der Waals surface area contributed by atoms with E-state index in [2.05, 4.69) is 24.3 Å². The van der Waals surface area contributed by atoms with E-state index >= 15 is 0 Å². The molecule has 2 aliphatic rings. The van der Waals surface area contributed by atoms with Crippen LogP contribution in [0.25, 0.3) is 11.1 Å². The molecule has 0 aromatic heterocycles. The van der Waals surface area contributed by atoms with Crippen molar-refractivity contribution in [1.29, 1.82) is 0 Å². The van der Waals surface area contributed by atoms with E-state index in [1.807, 2.05) is 89.8 Å². The molecule has 1 heterocycles. The first-order valence-corrected chi connectivity index (χ1v) is 14.0. The van der Waals surface area contributed by atoms with Gasteiger partial charge in [0.05, 0.1) is 31.0 Å². The van der Waals surface area contributed by atoms with Crippen LogP contribution < -0.4 is 0 Å². The van der Waals surface area contributed by atoms with Gasteiger partial charge in [0, 0.05) is 0 Å². The van der Waals surface area contributed by atoms with Gasteiger partial charge in [-0.05, 0) is 40.3 Å². The van der Waals surface area contributed by atoms with Crippen molar-refractivity contribution in [2.45, 2.75) is 31.5 Å². The van der Waals surface area contributed by atoms with Gasteiger partial charge in [0.1, 0.15) is 12.6 Å². The predicted molar refractivity (Wildman–Crippen MR) is 155 cm³/mol. The molecule has 0 N–H and O–H groups in total. The van der Waals surface area contributed by atoms with Crippen LogP contribution in [0.15, 0.2) is 109 Å². The Labute approximate surface area is 239 Å². The Morgan fingerprint density at radius 1 is 0.780 bits per heavy atom. The van der Waals surface area contributed by atoms with E-state index in [0.29, 0.717) is 0 Å². The molecule has 1 saturated heterocycles. The minimum atomic E-state index is -1.00. The molecule has 0 saturated carbocycles. The monoisotopic (exact) mass is 545 g/mol. The fraction of sp³-hybridized carbons (Fsp3) is 0.229. The van der Waals surface area contributed by atoms with Crippen LogP contribution in [0.1, 0.15) is 35.6 Å². The predicted octanol–water partition coefficient (Wildman–Crippen LogP) is 5.53. The van der Waals surface area contributed by atoms with Crippen LogP contribution in [0.2, 0.25) is 0 Å². The second-order valence-corrected chi connectivity index (χ2v) is 10.4. The zero-order valence-corrected chi connectivity index (χ0v) is 22.9. The van der Waals surface area contributed by atoms with Crippen molar-refractivity contribution in [2.24, 2.45) is 5.92 Å². The molecule has 0 radical (unpaired) electrons. The van der Waals surface area contributed by atoms with Crippen molar-refractivity contribution < 1.29 is 23.9 Å². The van der Waals surface area contributed by atoms with Gasteiger partial charge >= 0.3 is 11.9 Å². The third-order valence-electron chi connectivity index (χ3n) is 8.16. The number of carbonyl (C=O) groups excluding carboxylic acids is 3. The highest BCUT2D eigenvalue weighted by molar-refractivity contribution is 5.97. The van der Waals surface area contributed by atoms with Crippen molar-refractivity contribution >= 4 is 17.7 Å². The number of ketones is 1. The molecule has 1 aliphatic heterocycles. The molecule has 206 valence electrons. The highest BCUT2D eigenvalue weighted by Gasteiger charge is 2.59. The van der Waals surface area contributed by atoms with Gasteiger partial charge in [-0.1, -0.05) is 109 Å². The number of ether oxygens (including phenoxy) is 2. The van der Waals surface area contributed by atoms with Crippen LogP contribution >= 0.6 is 0 Å². The lowest BCUT2D eigenvalue weighted by Crippen LogP contribution is -2.53. The summed E-state index contributed by atoms with van der Waals surface area (Å²) in [6.07, 6.45) is -0.192. The first kappa shape index (κ1) is 26.7. The first-order valence-electron chi connectivity index (χ1n) is 14.0. The molecule has 4 aromatic rings. The van der Waals surface area contributed by atoms with E-state index in [0.717, 1.165) is 33.4 Å². The van der Waals surface area contributed by atoms with Crippen molar-refractivity contribution in [3.8, 4) is 11.1 Å². The van der Waals surface area contributed by atoms with Crippen LogP contribution in [0.3, 0.4) is 0 Å². The SMILES string of the molecule is CCOC(=O)C[C@@H]1C(=O)CN(C2(c3ccccc3)c3ccccc3-c3ccccc32)[C@@H]1C(=O)OCc1ccccc1. The van der Waals surface area contributed by atoms with Gasteiger partial charge < -0.3 is 9.47 Å². The zero-order valence-electron chi connectivity index (χ0n) is 22.9. The largest absolute Gasteiger partial charge is 0.466 e. The van der Waals surface area contributed by atoms with Crippen LogP contribution in [0, 0.1) is 5.92 Å². The number of hydrogen-bond donors (Lipinski definition) is 0. The fourth-order valence-corrected chi connectivity index (χ4v) is 6.51. The molecule has 0 bridgehead atoms. The Balaban J connectivity index is 1.53. The Morgan fingerprint density at radius 2 is 1.34 bits per heavy atom. The van der Waals surface area contributed by atoms with Crippen LogP contribution in [0.5, 0.6) is 0 Å². The summed E-state index contributed by atoms with van der Waals surface area (Å²) in [7, 11) is 0. The zero-order chi connectivity index (χ0) is 28.4. The molecule has 6 rings (SSSR count). The third kappa shape index (κ3) is 4.54. The molecule has 0 spiro atoms. The topological polar surface area (TPSA) is 72.9 Å². The minimum Gasteiger partial charge on any atom is -0.466 e. The summed E-state index contributed by atoms with van der Waals surface area (Å²) in [6, 6.07) is 34.7. The molecular weight excluding hydrogens is 514 g/mol. The Kier molecular flexibility index (Phi) is 7.25. The molecule has 2 atom stereocenters. The highest BCUT2D eigenvalue weighted by atomic mass is 16.5. The van der Waals surface area contributed by atoms with E-state index in [1.165, 1.54) is 0 Å². The van der Waals surface area contributed by atoms with Crippen molar-refractivity contribution in [1.82, 2.24) is 4.90 Å². The van der Waals surface area contributed by atoms with Gasteiger partial charge in [-0.15, -0.1) is 0 Å². The van der Waals surface area contributed by atoms with Crippen molar-refractivity contribution in [2.75, 3.05) is 13.2 Å². The number of esters is 2. The van der Waals surface area contributed by atoms with E-state index < -0.39 is 29.4 Å². The van der Waals surface area contributed by atoms with Gasteiger partial charge in [0.15, 0.2) is 5.78 Å². The Hall–Kier alpha value is -4.55. The van der Waals surface area contributed by atoms with Crippen LogP contribution in [-0.2, 0) is 36.0 Å². The standard InChI is InChI=1S/C35H31NO5/c1-2-40-32(38)21-28-31(37)22-36(33(28)34(39)41-23-24-13-5-3-6-14-24)35(25-15-7-4-8-16-25)29-19-11-9-17-26(29)27-18-10-12-20-30(27)35/h3-20,28,33H,2,21-23H2,1H3/t28-,33+/m1/s1. The van der Waals surface area contributed by atoms with Crippen LogP contribution in [-0.4, -0.2) is 41.8 Å². The summed E-state index contributed by atoms with van der Waals surface area (Å²) in [4.78, 5) is 42.6. The lowest BCUT2D eigenvalue weighted by Gasteiger charge is -2.44. The van der Waals surface area contributed by atoms with E-state index in [-0.39, 0.29) is 32.0 Å². The second kappa shape index (κ2) is 11.1. The highest BCUT2D eigenvalue weighted by Crippen LogP contribution is 2.56. The molecule has 0 amide bonds. The molecule has 41 heavy (non-hydrogen) atoms. The van der Waals surface area contributed by atoms with Gasteiger partial charge in [-0.3, -0.25) is 19.3 Å². The summed E-state index contributed by atoms with van der Waals surface area (Å²) in [5, 5.41) is 0. The van der Waals surface area contributed by atoms with E-state index in [9.17, 15) is 14.4 Å². The molecule has 4 aromatic carbocycles. The Bertz CT molecular complexity index is 1540. The maximum absolute atomic E-state index is 14.1. The normalized spacial score (nSPS) is 18.9. The number of nitrogens with zero attached hydrogens (tertiary/aromatic N) is 1. The van der Waals surface area contributed by atoms with Gasteiger partial charge in [-0.2, -0.15) is 0 Å².